The molecule has 6 heteroatoms. The Morgan fingerprint density at radius 1 is 1.19 bits per heavy atom. The van der Waals surface area contributed by atoms with Gasteiger partial charge in [-0.25, -0.2) is 4.98 Å². The van der Waals surface area contributed by atoms with Gasteiger partial charge in [0.1, 0.15) is 5.82 Å². The van der Waals surface area contributed by atoms with E-state index < -0.39 is 0 Å². The minimum atomic E-state index is -0.265. The van der Waals surface area contributed by atoms with Crippen LogP contribution in [0.15, 0.2) is 54.7 Å². The molecule has 0 aliphatic carbocycles. The summed E-state index contributed by atoms with van der Waals surface area (Å²) in [5, 5.41) is 3.95. The third-order valence-electron chi connectivity index (χ3n) is 4.00. The summed E-state index contributed by atoms with van der Waals surface area (Å²) < 4.78 is 1.97. The Kier molecular flexibility index (Phi) is 5.45. The van der Waals surface area contributed by atoms with Crippen LogP contribution >= 0.6 is 23.2 Å². The summed E-state index contributed by atoms with van der Waals surface area (Å²) in [5.41, 5.74) is 3.19. The maximum absolute atomic E-state index is 12.2. The van der Waals surface area contributed by atoms with E-state index in [-0.39, 0.29) is 5.91 Å². The Labute approximate surface area is 162 Å². The Morgan fingerprint density at radius 3 is 2.65 bits per heavy atom. The summed E-state index contributed by atoms with van der Waals surface area (Å²) in [6.45, 7) is 1.93. The van der Waals surface area contributed by atoms with Gasteiger partial charge in [0.05, 0.1) is 11.9 Å². The first-order valence-corrected chi connectivity index (χ1v) is 8.72. The molecule has 3 rings (SSSR count). The topological polar surface area (TPSA) is 46.9 Å². The van der Waals surface area contributed by atoms with Gasteiger partial charge in [-0.05, 0) is 42.8 Å². The summed E-state index contributed by atoms with van der Waals surface area (Å²) >= 11 is 12.3. The molecule has 0 atom stereocenters. The highest BCUT2D eigenvalue weighted by Crippen LogP contribution is 2.27. The van der Waals surface area contributed by atoms with Crippen molar-refractivity contribution in [2.24, 2.45) is 7.05 Å². The highest BCUT2D eigenvalue weighted by molar-refractivity contribution is 6.32. The van der Waals surface area contributed by atoms with Gasteiger partial charge in [0, 0.05) is 34.4 Å². The van der Waals surface area contributed by atoms with E-state index in [9.17, 15) is 4.79 Å². The molecule has 1 heterocycles. The van der Waals surface area contributed by atoms with Crippen molar-refractivity contribution in [3.63, 3.8) is 0 Å². The number of rotatable bonds is 4. The molecular formula is C20H17Cl2N3O. The number of carbonyl (C=O) groups is 1. The van der Waals surface area contributed by atoms with E-state index in [4.69, 9.17) is 23.2 Å². The second-order valence-corrected chi connectivity index (χ2v) is 6.67. The zero-order chi connectivity index (χ0) is 18.7. The predicted molar refractivity (Wildman–Crippen MR) is 108 cm³/mol. The molecule has 0 saturated carbocycles. The van der Waals surface area contributed by atoms with Gasteiger partial charge in [-0.1, -0.05) is 41.4 Å². The minimum Gasteiger partial charge on any atom is -0.331 e. The van der Waals surface area contributed by atoms with Crippen LogP contribution in [0.5, 0.6) is 0 Å². The smallest absolute Gasteiger partial charge is 0.248 e. The van der Waals surface area contributed by atoms with Crippen LogP contribution in [-0.2, 0) is 11.8 Å². The number of halogens is 2. The average Bonchev–Trinajstić information content (AvgIpc) is 2.93. The zero-order valence-electron chi connectivity index (χ0n) is 14.3. The number of nitrogens with one attached hydrogen (secondary N) is 1. The monoisotopic (exact) mass is 385 g/mol. The third-order valence-corrected chi connectivity index (χ3v) is 4.56. The number of aromatic nitrogens is 2. The lowest BCUT2D eigenvalue weighted by Crippen LogP contribution is -2.08. The first-order chi connectivity index (χ1) is 12.4. The summed E-state index contributed by atoms with van der Waals surface area (Å²) in [6, 6.07) is 12.7. The standard InChI is InChI=1S/C20H17Cl2N3O/c1-13-23-12-19(25(13)2)15-9-16(21)11-17(10-15)24-20(26)8-7-14-5-3-4-6-18(14)22/h3-12H,1-2H3,(H,24,26)/b8-7+. The summed E-state index contributed by atoms with van der Waals surface area (Å²) in [5.74, 6) is 0.632. The predicted octanol–water partition coefficient (Wildman–Crippen LogP) is 5.35. The molecule has 1 aromatic heterocycles. The Bertz CT molecular complexity index is 992. The molecular weight excluding hydrogens is 369 g/mol. The molecule has 1 N–H and O–H groups in total. The number of anilines is 1. The van der Waals surface area contributed by atoms with E-state index in [1.165, 1.54) is 6.08 Å². The summed E-state index contributed by atoms with van der Waals surface area (Å²) in [4.78, 5) is 16.5. The number of aryl methyl sites for hydroxylation is 1. The van der Waals surface area contributed by atoms with Crippen molar-refractivity contribution in [1.82, 2.24) is 9.55 Å². The molecule has 0 aliphatic heterocycles. The number of amides is 1. The van der Waals surface area contributed by atoms with Crippen molar-refractivity contribution in [3.05, 3.63) is 76.2 Å². The van der Waals surface area contributed by atoms with E-state index in [0.717, 1.165) is 22.6 Å². The number of imidazole rings is 1. The fourth-order valence-electron chi connectivity index (χ4n) is 2.54. The molecule has 0 radical (unpaired) electrons. The molecule has 0 fully saturated rings. The molecule has 0 spiro atoms. The maximum Gasteiger partial charge on any atom is 0.248 e. The van der Waals surface area contributed by atoms with Gasteiger partial charge in [0.25, 0.3) is 0 Å². The van der Waals surface area contributed by atoms with Crippen LogP contribution in [0.25, 0.3) is 17.3 Å². The SMILES string of the molecule is Cc1ncc(-c2cc(Cl)cc(NC(=O)/C=C/c3ccccc3Cl)c2)n1C. The van der Waals surface area contributed by atoms with Crippen molar-refractivity contribution in [1.29, 1.82) is 0 Å². The van der Waals surface area contributed by atoms with Crippen molar-refractivity contribution in [3.8, 4) is 11.3 Å². The first-order valence-electron chi connectivity index (χ1n) is 7.97. The minimum absolute atomic E-state index is 0.265. The third kappa shape index (κ3) is 4.15. The van der Waals surface area contributed by atoms with E-state index in [0.29, 0.717) is 15.7 Å². The van der Waals surface area contributed by atoms with E-state index >= 15 is 0 Å². The highest BCUT2D eigenvalue weighted by atomic mass is 35.5. The number of hydrogen-bond donors (Lipinski definition) is 1. The van der Waals surface area contributed by atoms with Crippen LogP contribution < -0.4 is 5.32 Å². The molecule has 0 bridgehead atoms. The molecule has 3 aromatic rings. The lowest BCUT2D eigenvalue weighted by atomic mass is 10.1. The summed E-state index contributed by atoms with van der Waals surface area (Å²) in [7, 11) is 1.93. The van der Waals surface area contributed by atoms with E-state index in [1.54, 1.807) is 24.4 Å². The van der Waals surface area contributed by atoms with Crippen molar-refractivity contribution in [2.75, 3.05) is 5.32 Å². The molecule has 4 nitrogen and oxygen atoms in total. The lowest BCUT2D eigenvalue weighted by Gasteiger charge is -2.08. The number of hydrogen-bond acceptors (Lipinski definition) is 2. The van der Waals surface area contributed by atoms with Crippen LogP contribution in [0.1, 0.15) is 11.4 Å². The lowest BCUT2D eigenvalue weighted by molar-refractivity contribution is -0.111. The molecule has 0 saturated heterocycles. The second kappa shape index (κ2) is 7.77. The molecule has 26 heavy (non-hydrogen) atoms. The van der Waals surface area contributed by atoms with Crippen LogP contribution in [0.2, 0.25) is 10.0 Å². The number of benzene rings is 2. The van der Waals surface area contributed by atoms with E-state index in [2.05, 4.69) is 10.3 Å². The van der Waals surface area contributed by atoms with Gasteiger partial charge in [-0.3, -0.25) is 4.79 Å². The number of carbonyl (C=O) groups excluding carboxylic acids is 1. The normalized spacial score (nSPS) is 11.1. The van der Waals surface area contributed by atoms with Crippen molar-refractivity contribution in [2.45, 2.75) is 6.92 Å². The fourth-order valence-corrected chi connectivity index (χ4v) is 2.97. The Balaban J connectivity index is 1.81. The van der Waals surface area contributed by atoms with Gasteiger partial charge >= 0.3 is 0 Å². The highest BCUT2D eigenvalue weighted by Gasteiger charge is 2.09. The van der Waals surface area contributed by atoms with Gasteiger partial charge < -0.3 is 9.88 Å². The van der Waals surface area contributed by atoms with Crippen molar-refractivity contribution < 1.29 is 4.79 Å². The number of nitrogens with zero attached hydrogens (tertiary/aromatic N) is 2. The van der Waals surface area contributed by atoms with Crippen LogP contribution in [-0.4, -0.2) is 15.5 Å². The summed E-state index contributed by atoms with van der Waals surface area (Å²) in [6.07, 6.45) is 4.90. The molecule has 0 unspecified atom stereocenters. The van der Waals surface area contributed by atoms with E-state index in [1.807, 2.05) is 48.9 Å². The quantitative estimate of drug-likeness (QED) is 0.614. The Morgan fingerprint density at radius 2 is 1.96 bits per heavy atom. The first kappa shape index (κ1) is 18.2. The second-order valence-electron chi connectivity index (χ2n) is 5.82. The molecule has 132 valence electrons. The van der Waals surface area contributed by atoms with Gasteiger partial charge in [0.15, 0.2) is 0 Å². The van der Waals surface area contributed by atoms with Crippen LogP contribution in [0.3, 0.4) is 0 Å². The maximum atomic E-state index is 12.2. The average molecular weight is 386 g/mol. The van der Waals surface area contributed by atoms with Crippen LogP contribution in [0.4, 0.5) is 5.69 Å². The zero-order valence-corrected chi connectivity index (χ0v) is 15.8. The van der Waals surface area contributed by atoms with Gasteiger partial charge in [-0.15, -0.1) is 0 Å². The van der Waals surface area contributed by atoms with Crippen LogP contribution in [0, 0.1) is 6.92 Å². The van der Waals surface area contributed by atoms with Gasteiger partial charge in [0.2, 0.25) is 5.91 Å². The largest absolute Gasteiger partial charge is 0.331 e. The molecule has 2 aromatic carbocycles. The fraction of sp³-hybridized carbons (Fsp3) is 0.100. The molecule has 1 amide bonds. The van der Waals surface area contributed by atoms with Gasteiger partial charge in [-0.2, -0.15) is 0 Å². The molecule has 0 aliphatic rings. The van der Waals surface area contributed by atoms with Crippen molar-refractivity contribution >= 4 is 40.9 Å². The Hall–Kier alpha value is -2.56.